The summed E-state index contributed by atoms with van der Waals surface area (Å²) in [5.74, 6) is -0.391. The third-order valence-corrected chi connectivity index (χ3v) is 3.16. The second-order valence-corrected chi connectivity index (χ2v) is 5.38. The summed E-state index contributed by atoms with van der Waals surface area (Å²) in [5.41, 5.74) is 1.06. The van der Waals surface area contributed by atoms with Crippen LogP contribution in [-0.2, 0) is 5.41 Å². The minimum atomic E-state index is -0.568. The van der Waals surface area contributed by atoms with E-state index in [1.165, 1.54) is 12.4 Å². The molecule has 0 radical (unpaired) electrons. The van der Waals surface area contributed by atoms with E-state index in [1.807, 2.05) is 26.0 Å². The summed E-state index contributed by atoms with van der Waals surface area (Å²) >= 11 is 5.69. The Balaban J connectivity index is 2.14. The van der Waals surface area contributed by atoms with Crippen LogP contribution in [0.4, 0.5) is 5.69 Å². The van der Waals surface area contributed by atoms with Gasteiger partial charge in [-0.15, -0.1) is 0 Å². The molecule has 1 aromatic carbocycles. The number of carbonyl (C=O) groups excluding carboxylic acids is 1. The Morgan fingerprint density at radius 2 is 1.95 bits per heavy atom. The topological polar surface area (TPSA) is 78.7 Å². The van der Waals surface area contributed by atoms with E-state index in [0.29, 0.717) is 5.69 Å². The molecule has 1 heterocycles. The van der Waals surface area contributed by atoms with Crippen molar-refractivity contribution in [2.75, 3.05) is 5.32 Å². The van der Waals surface area contributed by atoms with E-state index in [-0.39, 0.29) is 10.8 Å². The standard InChI is InChI=1S/C15H13ClN4O/c1-15(2,9-17)10-3-5-11(6-4-10)19-14(21)12-7-18-8-13(16)20-12/h3-8H,1-2H3,(H,19,21). The van der Waals surface area contributed by atoms with Crippen molar-refractivity contribution in [1.82, 2.24) is 9.97 Å². The first kappa shape index (κ1) is 14.9. The van der Waals surface area contributed by atoms with Crippen LogP contribution in [0.5, 0.6) is 0 Å². The van der Waals surface area contributed by atoms with Gasteiger partial charge in [-0.2, -0.15) is 5.26 Å². The van der Waals surface area contributed by atoms with Crippen LogP contribution in [0.25, 0.3) is 0 Å². The fourth-order valence-corrected chi connectivity index (χ4v) is 1.83. The van der Waals surface area contributed by atoms with E-state index in [9.17, 15) is 4.79 Å². The normalized spacial score (nSPS) is 10.8. The number of hydrogen-bond donors (Lipinski definition) is 1. The van der Waals surface area contributed by atoms with Crippen LogP contribution in [0.3, 0.4) is 0 Å². The highest BCUT2D eigenvalue weighted by Gasteiger charge is 2.19. The molecule has 1 aromatic heterocycles. The number of rotatable bonds is 3. The molecule has 0 spiro atoms. The Kier molecular flexibility index (Phi) is 4.20. The monoisotopic (exact) mass is 300 g/mol. The van der Waals surface area contributed by atoms with Crippen molar-refractivity contribution < 1.29 is 4.79 Å². The number of carbonyl (C=O) groups is 1. The van der Waals surface area contributed by atoms with Gasteiger partial charge in [0.15, 0.2) is 0 Å². The van der Waals surface area contributed by atoms with Gasteiger partial charge < -0.3 is 5.32 Å². The summed E-state index contributed by atoms with van der Waals surface area (Å²) in [4.78, 5) is 19.7. The molecule has 0 aliphatic carbocycles. The number of anilines is 1. The Bertz CT molecular complexity index is 704. The molecular weight excluding hydrogens is 288 g/mol. The molecule has 0 bridgehead atoms. The molecule has 0 saturated heterocycles. The van der Waals surface area contributed by atoms with Crippen molar-refractivity contribution in [2.24, 2.45) is 0 Å². The summed E-state index contributed by atoms with van der Waals surface area (Å²) in [6.07, 6.45) is 2.70. The van der Waals surface area contributed by atoms with Gasteiger partial charge in [-0.1, -0.05) is 23.7 Å². The maximum Gasteiger partial charge on any atom is 0.275 e. The second kappa shape index (κ2) is 5.90. The van der Waals surface area contributed by atoms with Gasteiger partial charge in [0, 0.05) is 5.69 Å². The number of nitriles is 1. The largest absolute Gasteiger partial charge is 0.321 e. The number of aromatic nitrogens is 2. The number of amides is 1. The summed E-state index contributed by atoms with van der Waals surface area (Å²) < 4.78 is 0. The molecule has 0 aliphatic rings. The fourth-order valence-electron chi connectivity index (χ4n) is 1.68. The zero-order chi connectivity index (χ0) is 15.5. The molecule has 106 valence electrons. The quantitative estimate of drug-likeness (QED) is 0.944. The van der Waals surface area contributed by atoms with Gasteiger partial charge in [-0.3, -0.25) is 9.78 Å². The average Bonchev–Trinajstić information content (AvgIpc) is 2.48. The van der Waals surface area contributed by atoms with Crippen LogP contribution in [0.2, 0.25) is 5.15 Å². The number of hydrogen-bond acceptors (Lipinski definition) is 4. The number of nitrogens with zero attached hydrogens (tertiary/aromatic N) is 3. The second-order valence-electron chi connectivity index (χ2n) is 5.00. The molecule has 2 aromatic rings. The Labute approximate surface area is 127 Å². The van der Waals surface area contributed by atoms with E-state index in [4.69, 9.17) is 16.9 Å². The number of nitrogens with one attached hydrogen (secondary N) is 1. The van der Waals surface area contributed by atoms with Crippen LogP contribution in [0, 0.1) is 11.3 Å². The Morgan fingerprint density at radius 3 is 2.52 bits per heavy atom. The lowest BCUT2D eigenvalue weighted by molar-refractivity contribution is 0.102. The highest BCUT2D eigenvalue weighted by atomic mass is 35.5. The highest BCUT2D eigenvalue weighted by Crippen LogP contribution is 2.23. The maximum atomic E-state index is 12.0. The molecule has 0 atom stereocenters. The van der Waals surface area contributed by atoms with Crippen molar-refractivity contribution in [2.45, 2.75) is 19.3 Å². The molecular formula is C15H13ClN4O. The predicted molar refractivity (Wildman–Crippen MR) is 80.1 cm³/mol. The van der Waals surface area contributed by atoms with Crippen molar-refractivity contribution in [3.63, 3.8) is 0 Å². The first-order valence-corrected chi connectivity index (χ1v) is 6.61. The van der Waals surface area contributed by atoms with E-state index in [0.717, 1.165) is 5.56 Å². The van der Waals surface area contributed by atoms with E-state index in [2.05, 4.69) is 21.4 Å². The lowest BCUT2D eigenvalue weighted by Gasteiger charge is -2.16. The van der Waals surface area contributed by atoms with Crippen LogP contribution < -0.4 is 5.32 Å². The lowest BCUT2D eigenvalue weighted by Crippen LogP contribution is -2.16. The molecule has 0 saturated carbocycles. The molecule has 0 fully saturated rings. The van der Waals surface area contributed by atoms with E-state index < -0.39 is 11.3 Å². The van der Waals surface area contributed by atoms with Crippen molar-refractivity contribution in [3.8, 4) is 6.07 Å². The zero-order valence-electron chi connectivity index (χ0n) is 11.6. The summed E-state index contributed by atoms with van der Waals surface area (Å²) in [6, 6.07) is 9.33. The van der Waals surface area contributed by atoms with Gasteiger partial charge >= 0.3 is 0 Å². The van der Waals surface area contributed by atoms with Gasteiger partial charge in [-0.05, 0) is 31.5 Å². The SMILES string of the molecule is CC(C)(C#N)c1ccc(NC(=O)c2cncc(Cl)n2)cc1. The fraction of sp³-hybridized carbons (Fsp3) is 0.200. The molecule has 1 N–H and O–H groups in total. The number of benzene rings is 1. The summed E-state index contributed by atoms with van der Waals surface area (Å²) in [5, 5.41) is 11.9. The maximum absolute atomic E-state index is 12.0. The van der Waals surface area contributed by atoms with Gasteiger partial charge in [-0.25, -0.2) is 4.98 Å². The van der Waals surface area contributed by atoms with Crippen molar-refractivity contribution >= 4 is 23.2 Å². The van der Waals surface area contributed by atoms with Crippen LogP contribution in [0.1, 0.15) is 29.9 Å². The van der Waals surface area contributed by atoms with E-state index >= 15 is 0 Å². The average molecular weight is 301 g/mol. The van der Waals surface area contributed by atoms with Crippen molar-refractivity contribution in [1.29, 1.82) is 5.26 Å². The minimum absolute atomic E-state index is 0.143. The summed E-state index contributed by atoms with van der Waals surface area (Å²) in [6.45, 7) is 3.67. The Morgan fingerprint density at radius 1 is 1.29 bits per heavy atom. The molecule has 0 aliphatic heterocycles. The summed E-state index contributed by atoms with van der Waals surface area (Å²) in [7, 11) is 0. The van der Waals surface area contributed by atoms with Gasteiger partial charge in [0.05, 0.1) is 23.9 Å². The van der Waals surface area contributed by atoms with Gasteiger partial charge in [0.1, 0.15) is 10.8 Å². The molecule has 0 unspecified atom stereocenters. The van der Waals surface area contributed by atoms with E-state index in [1.54, 1.807) is 12.1 Å². The number of halogens is 1. The van der Waals surface area contributed by atoms with Crippen LogP contribution in [-0.4, -0.2) is 15.9 Å². The van der Waals surface area contributed by atoms with Crippen molar-refractivity contribution in [3.05, 3.63) is 53.1 Å². The molecule has 6 heteroatoms. The molecule has 2 rings (SSSR count). The third-order valence-electron chi connectivity index (χ3n) is 2.98. The first-order valence-electron chi connectivity index (χ1n) is 6.23. The van der Waals surface area contributed by atoms with Crippen LogP contribution >= 0.6 is 11.6 Å². The van der Waals surface area contributed by atoms with Gasteiger partial charge in [0.2, 0.25) is 0 Å². The smallest absolute Gasteiger partial charge is 0.275 e. The molecule has 21 heavy (non-hydrogen) atoms. The minimum Gasteiger partial charge on any atom is -0.321 e. The highest BCUT2D eigenvalue weighted by molar-refractivity contribution is 6.29. The molecule has 1 amide bonds. The van der Waals surface area contributed by atoms with Crippen LogP contribution in [0.15, 0.2) is 36.7 Å². The Hall–Kier alpha value is -2.45. The zero-order valence-corrected chi connectivity index (χ0v) is 12.3. The predicted octanol–water partition coefficient (Wildman–Crippen LogP) is 3.18. The molecule has 5 nitrogen and oxygen atoms in total. The first-order chi connectivity index (χ1) is 9.92. The lowest BCUT2D eigenvalue weighted by atomic mass is 9.86. The van der Waals surface area contributed by atoms with Gasteiger partial charge in [0.25, 0.3) is 5.91 Å². The third kappa shape index (κ3) is 3.56.